The average molecular weight is 419 g/mol. The first-order valence-electron chi connectivity index (χ1n) is 8.55. The third-order valence-electron chi connectivity index (χ3n) is 4.03. The summed E-state index contributed by atoms with van der Waals surface area (Å²) in [5.41, 5.74) is 2.32. The molecule has 1 amide bonds. The number of rotatable bonds is 4. The first-order valence-corrected chi connectivity index (χ1v) is 10.1. The van der Waals surface area contributed by atoms with Crippen LogP contribution in [0, 0.1) is 0 Å². The molecule has 1 aromatic heterocycles. The number of aromatic nitrogens is 1. The molecular weight excluding hydrogens is 399 g/mol. The molecule has 0 unspecified atom stereocenters. The predicted octanol–water partition coefficient (Wildman–Crippen LogP) is 6.59. The summed E-state index contributed by atoms with van der Waals surface area (Å²) in [6, 6.07) is 15.2. The zero-order chi connectivity index (χ0) is 19.6. The van der Waals surface area contributed by atoms with Crippen LogP contribution in [0.3, 0.4) is 0 Å². The van der Waals surface area contributed by atoms with Gasteiger partial charge in [-0.1, -0.05) is 80.4 Å². The highest BCUT2D eigenvalue weighted by Gasteiger charge is 2.25. The van der Waals surface area contributed by atoms with Gasteiger partial charge in [0.15, 0.2) is 5.13 Å². The summed E-state index contributed by atoms with van der Waals surface area (Å²) in [4.78, 5) is 18.5. The predicted molar refractivity (Wildman–Crippen MR) is 114 cm³/mol. The minimum atomic E-state index is -0.355. The Kier molecular flexibility index (Phi) is 5.89. The maximum absolute atomic E-state index is 12.7. The van der Waals surface area contributed by atoms with Gasteiger partial charge in [0.05, 0.1) is 21.3 Å². The number of anilines is 1. The number of amides is 1. The molecule has 1 heterocycles. The summed E-state index contributed by atoms with van der Waals surface area (Å²) in [6.07, 6.45) is 0.772. The van der Waals surface area contributed by atoms with Crippen molar-refractivity contribution in [3.05, 3.63) is 80.3 Å². The van der Waals surface area contributed by atoms with Crippen LogP contribution in [-0.4, -0.2) is 10.9 Å². The Morgan fingerprint density at radius 1 is 1.04 bits per heavy atom. The molecule has 2 aromatic carbocycles. The third kappa shape index (κ3) is 4.70. The van der Waals surface area contributed by atoms with Crippen molar-refractivity contribution in [3.63, 3.8) is 0 Å². The Morgan fingerprint density at radius 2 is 1.67 bits per heavy atom. The number of nitrogens with one attached hydrogen (secondary N) is 1. The molecule has 0 saturated carbocycles. The van der Waals surface area contributed by atoms with Gasteiger partial charge in [-0.3, -0.25) is 10.1 Å². The van der Waals surface area contributed by atoms with E-state index in [1.807, 2.05) is 18.2 Å². The van der Waals surface area contributed by atoms with Crippen LogP contribution >= 0.6 is 34.5 Å². The lowest BCUT2D eigenvalue weighted by atomic mass is 9.90. The molecular formula is C21H20Cl2N2OS. The normalized spacial score (nSPS) is 11.4. The fourth-order valence-electron chi connectivity index (χ4n) is 2.77. The summed E-state index contributed by atoms with van der Waals surface area (Å²) in [5.74, 6) is -0.355. The van der Waals surface area contributed by atoms with E-state index in [0.717, 1.165) is 17.0 Å². The Bertz CT molecular complexity index is 942. The van der Waals surface area contributed by atoms with E-state index in [1.54, 1.807) is 18.2 Å². The monoisotopic (exact) mass is 418 g/mol. The summed E-state index contributed by atoms with van der Waals surface area (Å²) in [6.45, 7) is 6.35. The second-order valence-electron chi connectivity index (χ2n) is 7.25. The van der Waals surface area contributed by atoms with Gasteiger partial charge in [-0.25, -0.2) is 4.98 Å². The van der Waals surface area contributed by atoms with Crippen molar-refractivity contribution in [2.75, 3.05) is 5.32 Å². The molecule has 0 atom stereocenters. The second kappa shape index (κ2) is 8.01. The minimum Gasteiger partial charge on any atom is -0.298 e. The molecule has 3 aromatic rings. The molecule has 0 aliphatic heterocycles. The molecule has 3 nitrogen and oxygen atoms in total. The lowest BCUT2D eigenvalue weighted by molar-refractivity contribution is 0.102. The number of halogens is 2. The maximum Gasteiger partial charge on any atom is 0.260 e. The zero-order valence-corrected chi connectivity index (χ0v) is 17.7. The molecule has 0 aliphatic rings. The quantitative estimate of drug-likeness (QED) is 0.518. The molecule has 0 fully saturated rings. The first-order chi connectivity index (χ1) is 12.8. The second-order valence-corrected chi connectivity index (χ2v) is 9.15. The third-order valence-corrected chi connectivity index (χ3v) is 5.63. The van der Waals surface area contributed by atoms with Gasteiger partial charge >= 0.3 is 0 Å². The van der Waals surface area contributed by atoms with E-state index in [1.165, 1.54) is 16.9 Å². The van der Waals surface area contributed by atoms with Gasteiger partial charge in [0.2, 0.25) is 0 Å². The van der Waals surface area contributed by atoms with Crippen LogP contribution < -0.4 is 5.32 Å². The topological polar surface area (TPSA) is 42.0 Å². The van der Waals surface area contributed by atoms with E-state index in [4.69, 9.17) is 28.2 Å². The van der Waals surface area contributed by atoms with Crippen molar-refractivity contribution in [3.8, 4) is 0 Å². The Labute approximate surface area is 173 Å². The lowest BCUT2D eigenvalue weighted by Gasteiger charge is -2.17. The molecule has 0 saturated heterocycles. The maximum atomic E-state index is 12.7. The molecule has 0 aliphatic carbocycles. The van der Waals surface area contributed by atoms with Gasteiger partial charge in [0.1, 0.15) is 0 Å². The van der Waals surface area contributed by atoms with Crippen LogP contribution in [0.4, 0.5) is 5.13 Å². The average Bonchev–Trinajstić information content (AvgIpc) is 2.98. The van der Waals surface area contributed by atoms with E-state index < -0.39 is 0 Å². The highest BCUT2D eigenvalue weighted by Crippen LogP contribution is 2.34. The zero-order valence-electron chi connectivity index (χ0n) is 15.3. The molecule has 3 rings (SSSR count). The SMILES string of the molecule is CC(C)(C)c1nc(NC(=O)c2c(Cl)cccc2Cl)sc1Cc1ccccc1. The number of thiazole rings is 1. The van der Waals surface area contributed by atoms with E-state index >= 15 is 0 Å². The van der Waals surface area contributed by atoms with Gasteiger partial charge in [0, 0.05) is 16.7 Å². The van der Waals surface area contributed by atoms with Gasteiger partial charge in [-0.2, -0.15) is 0 Å². The molecule has 27 heavy (non-hydrogen) atoms. The van der Waals surface area contributed by atoms with Crippen molar-refractivity contribution < 1.29 is 4.79 Å². The number of hydrogen-bond acceptors (Lipinski definition) is 3. The van der Waals surface area contributed by atoms with Crippen LogP contribution in [0.15, 0.2) is 48.5 Å². The van der Waals surface area contributed by atoms with Gasteiger partial charge in [0.25, 0.3) is 5.91 Å². The van der Waals surface area contributed by atoms with Gasteiger partial charge in [-0.05, 0) is 17.7 Å². The molecule has 1 N–H and O–H groups in total. The molecule has 140 valence electrons. The summed E-state index contributed by atoms with van der Waals surface area (Å²) < 4.78 is 0. The van der Waals surface area contributed by atoms with Crippen LogP contribution in [0.2, 0.25) is 10.0 Å². The van der Waals surface area contributed by atoms with Crippen molar-refractivity contribution in [1.29, 1.82) is 0 Å². The van der Waals surface area contributed by atoms with E-state index in [-0.39, 0.29) is 16.9 Å². The minimum absolute atomic E-state index is 0.133. The first kappa shape index (κ1) is 19.9. The Morgan fingerprint density at radius 3 is 2.26 bits per heavy atom. The van der Waals surface area contributed by atoms with Crippen LogP contribution in [0.5, 0.6) is 0 Å². The molecule has 0 bridgehead atoms. The smallest absolute Gasteiger partial charge is 0.260 e. The van der Waals surface area contributed by atoms with Crippen molar-refractivity contribution >= 4 is 45.6 Å². The van der Waals surface area contributed by atoms with Crippen LogP contribution in [0.25, 0.3) is 0 Å². The van der Waals surface area contributed by atoms with Crippen molar-refractivity contribution in [2.24, 2.45) is 0 Å². The lowest BCUT2D eigenvalue weighted by Crippen LogP contribution is -2.16. The fraction of sp³-hybridized carbons (Fsp3) is 0.238. The van der Waals surface area contributed by atoms with Gasteiger partial charge in [-0.15, -0.1) is 11.3 Å². The van der Waals surface area contributed by atoms with Crippen molar-refractivity contribution in [1.82, 2.24) is 4.98 Å². The number of carbonyl (C=O) groups excluding carboxylic acids is 1. The molecule has 6 heteroatoms. The number of carbonyl (C=O) groups is 1. The standard InChI is InChI=1S/C21H20Cl2N2OS/c1-21(2,3)18-16(12-13-8-5-4-6-9-13)27-20(24-18)25-19(26)17-14(22)10-7-11-15(17)23/h4-11H,12H2,1-3H3,(H,24,25,26). The number of nitrogens with zero attached hydrogens (tertiary/aromatic N) is 1. The summed E-state index contributed by atoms with van der Waals surface area (Å²) in [7, 11) is 0. The summed E-state index contributed by atoms with van der Waals surface area (Å²) in [5, 5.41) is 4.04. The number of benzene rings is 2. The summed E-state index contributed by atoms with van der Waals surface area (Å²) >= 11 is 13.8. The van der Waals surface area contributed by atoms with E-state index in [0.29, 0.717) is 15.2 Å². The van der Waals surface area contributed by atoms with Crippen LogP contribution in [-0.2, 0) is 11.8 Å². The Balaban J connectivity index is 1.91. The largest absolute Gasteiger partial charge is 0.298 e. The van der Waals surface area contributed by atoms with Gasteiger partial charge < -0.3 is 0 Å². The molecule has 0 radical (unpaired) electrons. The highest BCUT2D eigenvalue weighted by molar-refractivity contribution is 7.16. The highest BCUT2D eigenvalue weighted by atomic mass is 35.5. The van der Waals surface area contributed by atoms with Crippen molar-refractivity contribution in [2.45, 2.75) is 32.6 Å². The van der Waals surface area contributed by atoms with Crippen LogP contribution in [0.1, 0.15) is 47.3 Å². The fourth-order valence-corrected chi connectivity index (χ4v) is 4.54. The number of hydrogen-bond donors (Lipinski definition) is 1. The Hall–Kier alpha value is -1.88. The van der Waals surface area contributed by atoms with E-state index in [9.17, 15) is 4.79 Å². The van der Waals surface area contributed by atoms with E-state index in [2.05, 4.69) is 38.2 Å². The molecule has 0 spiro atoms.